The van der Waals surface area contributed by atoms with Gasteiger partial charge in [0.15, 0.2) is 0 Å². The SMILES string of the molecule is Cc1ccc(Cl)cc1N1C(=O)NC(=O)/C(=C\c2cc(Cl)ccc2OCc2ccccc2F)C1=O. The lowest BCUT2D eigenvalue weighted by molar-refractivity contribution is -0.122. The van der Waals surface area contributed by atoms with Crippen LogP contribution >= 0.6 is 23.2 Å². The summed E-state index contributed by atoms with van der Waals surface area (Å²) in [5.41, 5.74) is 1.18. The molecule has 0 bridgehead atoms. The molecule has 1 heterocycles. The van der Waals surface area contributed by atoms with Crippen LogP contribution in [-0.4, -0.2) is 17.8 Å². The average Bonchev–Trinajstić information content (AvgIpc) is 2.79. The van der Waals surface area contributed by atoms with Crippen LogP contribution in [0.4, 0.5) is 14.9 Å². The van der Waals surface area contributed by atoms with Crippen molar-refractivity contribution in [3.63, 3.8) is 0 Å². The van der Waals surface area contributed by atoms with Crippen molar-refractivity contribution in [2.75, 3.05) is 4.90 Å². The Hall–Kier alpha value is -3.68. The summed E-state index contributed by atoms with van der Waals surface area (Å²) in [5.74, 6) is -1.86. The van der Waals surface area contributed by atoms with Crippen LogP contribution in [0.3, 0.4) is 0 Å². The Morgan fingerprint density at radius 1 is 1.00 bits per heavy atom. The van der Waals surface area contributed by atoms with E-state index in [9.17, 15) is 18.8 Å². The Morgan fingerprint density at radius 2 is 1.71 bits per heavy atom. The molecule has 172 valence electrons. The van der Waals surface area contributed by atoms with Gasteiger partial charge in [0, 0.05) is 21.2 Å². The molecule has 0 aliphatic carbocycles. The number of barbiturate groups is 1. The molecule has 4 rings (SSSR count). The topological polar surface area (TPSA) is 75.7 Å². The second-order valence-electron chi connectivity index (χ2n) is 7.45. The van der Waals surface area contributed by atoms with Crippen LogP contribution in [0.2, 0.25) is 10.0 Å². The maximum atomic E-state index is 14.0. The molecule has 3 aromatic rings. The van der Waals surface area contributed by atoms with E-state index in [1.54, 1.807) is 49.4 Å². The Balaban J connectivity index is 1.71. The van der Waals surface area contributed by atoms with E-state index in [2.05, 4.69) is 5.32 Å². The molecule has 9 heteroatoms. The Bertz CT molecular complexity index is 1360. The fourth-order valence-corrected chi connectivity index (χ4v) is 3.74. The fraction of sp³-hybridized carbons (Fsp3) is 0.0800. The van der Waals surface area contributed by atoms with Gasteiger partial charge in [-0.3, -0.25) is 14.9 Å². The van der Waals surface area contributed by atoms with Crippen molar-refractivity contribution in [2.24, 2.45) is 0 Å². The highest BCUT2D eigenvalue weighted by Gasteiger charge is 2.37. The number of hydrogen-bond acceptors (Lipinski definition) is 4. The van der Waals surface area contributed by atoms with Gasteiger partial charge in [-0.05, 0) is 55.0 Å². The van der Waals surface area contributed by atoms with E-state index in [4.69, 9.17) is 27.9 Å². The Labute approximate surface area is 204 Å². The van der Waals surface area contributed by atoms with Gasteiger partial charge in [0.05, 0.1) is 5.69 Å². The van der Waals surface area contributed by atoms with Crippen molar-refractivity contribution in [1.29, 1.82) is 0 Å². The number of imide groups is 2. The first-order chi connectivity index (χ1) is 16.2. The van der Waals surface area contributed by atoms with Crippen LogP contribution in [0.15, 0.2) is 66.2 Å². The van der Waals surface area contributed by atoms with E-state index in [1.807, 2.05) is 0 Å². The molecule has 0 radical (unpaired) electrons. The third-order valence-corrected chi connectivity index (χ3v) is 5.60. The minimum atomic E-state index is -0.889. The zero-order chi connectivity index (χ0) is 24.4. The largest absolute Gasteiger partial charge is 0.488 e. The normalized spacial score (nSPS) is 15.0. The summed E-state index contributed by atoms with van der Waals surface area (Å²) in [6.45, 7) is 1.62. The van der Waals surface area contributed by atoms with Gasteiger partial charge in [-0.25, -0.2) is 14.1 Å². The molecule has 0 spiro atoms. The van der Waals surface area contributed by atoms with Crippen LogP contribution < -0.4 is 15.0 Å². The summed E-state index contributed by atoms with van der Waals surface area (Å²) in [7, 11) is 0. The number of carbonyl (C=O) groups is 3. The molecule has 0 atom stereocenters. The minimum absolute atomic E-state index is 0.0864. The smallest absolute Gasteiger partial charge is 0.335 e. The van der Waals surface area contributed by atoms with Gasteiger partial charge in [0.2, 0.25) is 0 Å². The number of aryl methyl sites for hydroxylation is 1. The summed E-state index contributed by atoms with van der Waals surface area (Å²) < 4.78 is 19.7. The predicted molar refractivity (Wildman–Crippen MR) is 127 cm³/mol. The number of urea groups is 1. The first-order valence-corrected chi connectivity index (χ1v) is 10.8. The number of rotatable bonds is 5. The van der Waals surface area contributed by atoms with Crippen LogP contribution in [0.1, 0.15) is 16.7 Å². The molecule has 0 aromatic heterocycles. The van der Waals surface area contributed by atoms with Gasteiger partial charge in [0.1, 0.15) is 23.7 Å². The van der Waals surface area contributed by atoms with Gasteiger partial charge >= 0.3 is 6.03 Å². The van der Waals surface area contributed by atoms with Gasteiger partial charge in [-0.1, -0.05) is 47.5 Å². The number of carbonyl (C=O) groups excluding carboxylic acids is 3. The van der Waals surface area contributed by atoms with Crippen molar-refractivity contribution >= 4 is 52.8 Å². The van der Waals surface area contributed by atoms with E-state index in [0.29, 0.717) is 26.7 Å². The molecule has 1 saturated heterocycles. The zero-order valence-corrected chi connectivity index (χ0v) is 19.3. The highest BCUT2D eigenvalue weighted by atomic mass is 35.5. The second-order valence-corrected chi connectivity index (χ2v) is 8.32. The third-order valence-electron chi connectivity index (χ3n) is 5.13. The standard InChI is InChI=1S/C25H17Cl2FN2O4/c1-14-6-7-18(27)12-21(14)30-24(32)19(23(31)29-25(30)33)11-16-10-17(26)8-9-22(16)34-13-15-4-2-3-5-20(15)28/h2-12H,13H2,1H3,(H,29,31,33)/b19-11+. The number of benzene rings is 3. The van der Waals surface area contributed by atoms with Crippen LogP contribution in [0, 0.1) is 12.7 Å². The lowest BCUT2D eigenvalue weighted by Gasteiger charge is -2.27. The van der Waals surface area contributed by atoms with Gasteiger partial charge in [0.25, 0.3) is 11.8 Å². The molecule has 4 amide bonds. The number of nitrogens with one attached hydrogen (secondary N) is 1. The summed E-state index contributed by atoms with van der Waals surface area (Å²) in [6, 6.07) is 14.6. The number of amides is 4. The van der Waals surface area contributed by atoms with Crippen molar-refractivity contribution in [3.8, 4) is 5.75 Å². The second kappa shape index (κ2) is 9.67. The molecular formula is C25H17Cl2FN2O4. The number of halogens is 3. The van der Waals surface area contributed by atoms with Gasteiger partial charge in [-0.2, -0.15) is 0 Å². The number of anilines is 1. The highest BCUT2D eigenvalue weighted by Crippen LogP contribution is 2.30. The fourth-order valence-electron chi connectivity index (χ4n) is 3.39. The highest BCUT2D eigenvalue weighted by molar-refractivity contribution is 6.40. The first-order valence-electron chi connectivity index (χ1n) is 10.1. The molecule has 1 N–H and O–H groups in total. The average molecular weight is 499 g/mol. The van der Waals surface area contributed by atoms with Crippen molar-refractivity contribution in [1.82, 2.24) is 5.32 Å². The molecule has 6 nitrogen and oxygen atoms in total. The molecule has 1 aliphatic rings. The van der Waals surface area contributed by atoms with Crippen molar-refractivity contribution in [2.45, 2.75) is 13.5 Å². The first kappa shape index (κ1) is 23.5. The van der Waals surface area contributed by atoms with E-state index in [0.717, 1.165) is 4.90 Å². The monoisotopic (exact) mass is 498 g/mol. The number of ether oxygens (including phenoxy) is 1. The summed E-state index contributed by atoms with van der Waals surface area (Å²) in [5, 5.41) is 2.82. The van der Waals surface area contributed by atoms with Crippen LogP contribution in [0.5, 0.6) is 5.75 Å². The number of nitrogens with zero attached hydrogens (tertiary/aromatic N) is 1. The molecule has 1 fully saturated rings. The maximum absolute atomic E-state index is 14.0. The quantitative estimate of drug-likeness (QED) is 0.362. The summed E-state index contributed by atoms with van der Waals surface area (Å²) >= 11 is 12.2. The van der Waals surface area contributed by atoms with E-state index in [-0.39, 0.29) is 23.6 Å². The summed E-state index contributed by atoms with van der Waals surface area (Å²) in [6.07, 6.45) is 1.28. The van der Waals surface area contributed by atoms with E-state index in [1.165, 1.54) is 24.3 Å². The van der Waals surface area contributed by atoms with E-state index < -0.39 is 23.7 Å². The maximum Gasteiger partial charge on any atom is 0.335 e. The van der Waals surface area contributed by atoms with Gasteiger partial charge < -0.3 is 4.74 Å². The molecule has 3 aromatic carbocycles. The van der Waals surface area contributed by atoms with E-state index >= 15 is 0 Å². The Morgan fingerprint density at radius 3 is 2.47 bits per heavy atom. The predicted octanol–water partition coefficient (Wildman–Crippen LogP) is 5.69. The summed E-state index contributed by atoms with van der Waals surface area (Å²) in [4.78, 5) is 39.2. The molecular weight excluding hydrogens is 482 g/mol. The molecule has 0 unspecified atom stereocenters. The number of hydrogen-bond donors (Lipinski definition) is 1. The molecule has 34 heavy (non-hydrogen) atoms. The van der Waals surface area contributed by atoms with Crippen LogP contribution in [-0.2, 0) is 16.2 Å². The van der Waals surface area contributed by atoms with Crippen molar-refractivity contribution in [3.05, 3.63) is 98.8 Å². The lowest BCUT2D eigenvalue weighted by Crippen LogP contribution is -2.54. The molecule has 1 aliphatic heterocycles. The zero-order valence-electron chi connectivity index (χ0n) is 17.8. The van der Waals surface area contributed by atoms with Crippen molar-refractivity contribution < 1.29 is 23.5 Å². The van der Waals surface area contributed by atoms with Crippen LogP contribution in [0.25, 0.3) is 6.08 Å². The third kappa shape index (κ3) is 4.81. The minimum Gasteiger partial charge on any atom is -0.488 e. The Kier molecular flexibility index (Phi) is 6.68. The van der Waals surface area contributed by atoms with Gasteiger partial charge in [-0.15, -0.1) is 0 Å². The molecule has 0 saturated carbocycles. The lowest BCUT2D eigenvalue weighted by atomic mass is 10.0.